The molecule has 150 valence electrons. The molecule has 0 atom stereocenters. The first-order valence-electron chi connectivity index (χ1n) is 8.77. The molecule has 1 aliphatic carbocycles. The van der Waals surface area contributed by atoms with Crippen LogP contribution in [0.2, 0.25) is 0 Å². The van der Waals surface area contributed by atoms with Crippen LogP contribution in [0.3, 0.4) is 0 Å². The molecule has 2 N–H and O–H groups in total. The molecule has 2 aromatic rings. The second kappa shape index (κ2) is 8.59. The molecule has 0 heterocycles. The van der Waals surface area contributed by atoms with Crippen LogP contribution in [-0.4, -0.2) is 27.5 Å². The van der Waals surface area contributed by atoms with Crippen LogP contribution in [-0.2, 0) is 10.0 Å². The maximum absolute atomic E-state index is 14.0. The first kappa shape index (κ1) is 20.8. The molecule has 1 amide bonds. The van der Waals surface area contributed by atoms with Gasteiger partial charge < -0.3 is 10.1 Å². The molecule has 28 heavy (non-hydrogen) atoms. The maximum Gasteiger partial charge on any atom is 0.255 e. The van der Waals surface area contributed by atoms with Crippen molar-refractivity contribution in [3.8, 4) is 5.75 Å². The molecule has 0 spiro atoms. The number of hydrogen-bond donors (Lipinski definition) is 2. The highest BCUT2D eigenvalue weighted by Crippen LogP contribution is 2.28. The second-order valence-corrected chi connectivity index (χ2v) is 9.14. The summed E-state index contributed by atoms with van der Waals surface area (Å²) in [6, 6.07) is 8.20. The molecular weight excluding hydrogens is 451 g/mol. The lowest BCUT2D eigenvalue weighted by molar-refractivity contribution is 0.102. The van der Waals surface area contributed by atoms with Crippen LogP contribution in [0.25, 0.3) is 0 Å². The summed E-state index contributed by atoms with van der Waals surface area (Å²) in [5.74, 6) is -1.09. The summed E-state index contributed by atoms with van der Waals surface area (Å²) in [5, 5.41) is 2.45. The molecule has 1 fully saturated rings. The summed E-state index contributed by atoms with van der Waals surface area (Å²) in [4.78, 5) is 12.4. The number of hydrogen-bond acceptors (Lipinski definition) is 4. The van der Waals surface area contributed by atoms with Gasteiger partial charge in [0.05, 0.1) is 12.8 Å². The Labute approximate surface area is 171 Å². The molecule has 1 saturated carbocycles. The minimum atomic E-state index is -3.86. The van der Waals surface area contributed by atoms with Crippen molar-refractivity contribution in [2.24, 2.45) is 0 Å². The number of anilines is 1. The highest BCUT2D eigenvalue weighted by atomic mass is 79.9. The van der Waals surface area contributed by atoms with Crippen LogP contribution in [0.5, 0.6) is 5.75 Å². The molecule has 0 radical (unpaired) electrons. The van der Waals surface area contributed by atoms with Gasteiger partial charge in [-0.1, -0.05) is 28.8 Å². The molecule has 0 aliphatic heterocycles. The van der Waals surface area contributed by atoms with Gasteiger partial charge in [0, 0.05) is 16.1 Å². The zero-order chi connectivity index (χ0) is 20.3. The first-order chi connectivity index (χ1) is 13.3. The lowest BCUT2D eigenvalue weighted by Gasteiger charge is -2.16. The number of nitrogens with one attached hydrogen (secondary N) is 2. The van der Waals surface area contributed by atoms with Crippen molar-refractivity contribution in [3.63, 3.8) is 0 Å². The number of ether oxygens (including phenoxy) is 1. The molecule has 0 aromatic heterocycles. The highest BCUT2D eigenvalue weighted by Gasteiger charge is 2.26. The maximum atomic E-state index is 14.0. The van der Waals surface area contributed by atoms with E-state index >= 15 is 0 Å². The Morgan fingerprint density at radius 2 is 1.89 bits per heavy atom. The third-order valence-electron chi connectivity index (χ3n) is 4.57. The molecule has 0 unspecified atom stereocenters. The van der Waals surface area contributed by atoms with E-state index in [1.807, 2.05) is 0 Å². The van der Waals surface area contributed by atoms with Crippen LogP contribution >= 0.6 is 15.9 Å². The number of carbonyl (C=O) groups excluding carboxylic acids is 1. The minimum absolute atomic E-state index is 0.00231. The average molecular weight is 471 g/mol. The summed E-state index contributed by atoms with van der Waals surface area (Å²) in [7, 11) is -2.50. The van der Waals surface area contributed by atoms with E-state index in [2.05, 4.69) is 26.0 Å². The quantitative estimate of drug-likeness (QED) is 0.666. The van der Waals surface area contributed by atoms with Gasteiger partial charge in [0.2, 0.25) is 10.0 Å². The standard InChI is InChI=1S/C19H20BrFN2O4S/c1-27-17-9-6-12(19(24)22-16-8-7-13(20)11-15(16)21)10-18(17)28(25,26)23-14-4-2-3-5-14/h6-11,14,23H,2-5H2,1H3,(H,22,24). The fraction of sp³-hybridized carbons (Fsp3) is 0.316. The smallest absolute Gasteiger partial charge is 0.255 e. The second-order valence-electron chi connectivity index (χ2n) is 6.55. The molecular formula is C19H20BrFN2O4S. The molecule has 9 heteroatoms. The number of halogens is 2. The lowest BCUT2D eigenvalue weighted by atomic mass is 10.2. The predicted molar refractivity (Wildman–Crippen MR) is 108 cm³/mol. The molecule has 3 rings (SSSR count). The van der Waals surface area contributed by atoms with E-state index in [1.54, 1.807) is 6.07 Å². The van der Waals surface area contributed by atoms with Gasteiger partial charge in [-0.25, -0.2) is 17.5 Å². The topological polar surface area (TPSA) is 84.5 Å². The first-order valence-corrected chi connectivity index (χ1v) is 11.0. The van der Waals surface area contributed by atoms with Crippen molar-refractivity contribution < 1.29 is 22.3 Å². The Bertz CT molecular complexity index is 991. The van der Waals surface area contributed by atoms with Crippen LogP contribution in [0.4, 0.5) is 10.1 Å². The fourth-order valence-corrected chi connectivity index (χ4v) is 4.97. The van der Waals surface area contributed by atoms with E-state index in [4.69, 9.17) is 4.74 Å². The van der Waals surface area contributed by atoms with E-state index in [-0.39, 0.29) is 27.9 Å². The summed E-state index contributed by atoms with van der Waals surface area (Å²) in [6.07, 6.45) is 3.52. The summed E-state index contributed by atoms with van der Waals surface area (Å²) >= 11 is 3.15. The van der Waals surface area contributed by atoms with Gasteiger partial charge in [0.15, 0.2) is 0 Å². The van der Waals surface area contributed by atoms with Gasteiger partial charge in [-0.05, 0) is 49.2 Å². The van der Waals surface area contributed by atoms with Gasteiger partial charge in [-0.2, -0.15) is 0 Å². The molecule has 6 nitrogen and oxygen atoms in total. The van der Waals surface area contributed by atoms with E-state index in [1.165, 1.54) is 37.4 Å². The molecule has 1 aliphatic rings. The normalized spacial score (nSPS) is 14.8. The van der Waals surface area contributed by atoms with E-state index < -0.39 is 21.7 Å². The largest absolute Gasteiger partial charge is 0.495 e. The van der Waals surface area contributed by atoms with Crippen molar-refractivity contribution in [1.82, 2.24) is 4.72 Å². The Morgan fingerprint density at radius 1 is 1.18 bits per heavy atom. The van der Waals surface area contributed by atoms with E-state index in [0.717, 1.165) is 25.7 Å². The Kier molecular flexibility index (Phi) is 6.36. The molecule has 0 saturated heterocycles. The summed E-state index contributed by atoms with van der Waals surface area (Å²) in [5.41, 5.74) is 0.0763. The van der Waals surface area contributed by atoms with Crippen molar-refractivity contribution >= 4 is 37.5 Å². The van der Waals surface area contributed by atoms with Crippen LogP contribution < -0.4 is 14.8 Å². The summed E-state index contributed by atoms with van der Waals surface area (Å²) in [6.45, 7) is 0. The number of amides is 1. The Hall–Kier alpha value is -1.97. The van der Waals surface area contributed by atoms with E-state index in [9.17, 15) is 17.6 Å². The zero-order valence-corrected chi connectivity index (χ0v) is 17.6. The number of rotatable bonds is 6. The number of sulfonamides is 1. The van der Waals surface area contributed by atoms with Crippen LogP contribution in [0.15, 0.2) is 45.8 Å². The van der Waals surface area contributed by atoms with Gasteiger partial charge in [0.1, 0.15) is 16.5 Å². The third kappa shape index (κ3) is 4.71. The van der Waals surface area contributed by atoms with Crippen molar-refractivity contribution in [3.05, 3.63) is 52.3 Å². The minimum Gasteiger partial charge on any atom is -0.495 e. The monoisotopic (exact) mass is 470 g/mol. The number of carbonyl (C=O) groups is 1. The SMILES string of the molecule is COc1ccc(C(=O)Nc2ccc(Br)cc2F)cc1S(=O)(=O)NC1CCCC1. The molecule has 0 bridgehead atoms. The lowest BCUT2D eigenvalue weighted by Crippen LogP contribution is -2.33. The van der Waals surface area contributed by atoms with Gasteiger partial charge in [-0.3, -0.25) is 4.79 Å². The van der Waals surface area contributed by atoms with Gasteiger partial charge in [0.25, 0.3) is 5.91 Å². The van der Waals surface area contributed by atoms with Crippen molar-refractivity contribution in [1.29, 1.82) is 0 Å². The third-order valence-corrected chi connectivity index (χ3v) is 6.61. The van der Waals surface area contributed by atoms with E-state index in [0.29, 0.717) is 4.47 Å². The zero-order valence-electron chi connectivity index (χ0n) is 15.2. The Balaban J connectivity index is 1.88. The summed E-state index contributed by atoms with van der Waals surface area (Å²) < 4.78 is 48.0. The average Bonchev–Trinajstić information content (AvgIpc) is 3.15. The number of methoxy groups -OCH3 is 1. The predicted octanol–water partition coefficient (Wildman–Crippen LogP) is 4.07. The van der Waals surface area contributed by atoms with Gasteiger partial charge in [-0.15, -0.1) is 0 Å². The van der Waals surface area contributed by atoms with Crippen molar-refractivity contribution in [2.45, 2.75) is 36.6 Å². The Morgan fingerprint density at radius 3 is 2.54 bits per heavy atom. The van der Waals surface area contributed by atoms with Crippen molar-refractivity contribution in [2.75, 3.05) is 12.4 Å². The molecule has 2 aromatic carbocycles. The number of benzene rings is 2. The highest BCUT2D eigenvalue weighted by molar-refractivity contribution is 9.10. The van der Waals surface area contributed by atoms with Gasteiger partial charge >= 0.3 is 0 Å². The van der Waals surface area contributed by atoms with Crippen LogP contribution in [0, 0.1) is 5.82 Å². The fourth-order valence-electron chi connectivity index (χ4n) is 3.14. The van der Waals surface area contributed by atoms with Crippen LogP contribution in [0.1, 0.15) is 36.0 Å².